The standard InChI is InChI=1S/C9H13NO2/c1-2-12-9(11)8-6-3-4-7(5-6)10-8/h3-4,6-8,10H,2,5H2,1H3. The van der Waals surface area contributed by atoms with Gasteiger partial charge in [0.2, 0.25) is 0 Å². The molecule has 1 fully saturated rings. The minimum atomic E-state index is -0.102. The number of hydrogen-bond donors (Lipinski definition) is 1. The number of nitrogens with one attached hydrogen (secondary N) is 1. The first-order chi connectivity index (χ1) is 5.81. The van der Waals surface area contributed by atoms with Crippen molar-refractivity contribution in [3.8, 4) is 0 Å². The third kappa shape index (κ3) is 1.14. The normalized spacial score (nSPS) is 37.2. The highest BCUT2D eigenvalue weighted by atomic mass is 16.5. The van der Waals surface area contributed by atoms with Gasteiger partial charge in [0, 0.05) is 12.0 Å². The van der Waals surface area contributed by atoms with Crippen LogP contribution in [0.4, 0.5) is 0 Å². The molecule has 1 N–H and O–H groups in total. The van der Waals surface area contributed by atoms with Gasteiger partial charge in [-0.25, -0.2) is 0 Å². The highest BCUT2D eigenvalue weighted by Crippen LogP contribution is 2.29. The van der Waals surface area contributed by atoms with E-state index >= 15 is 0 Å². The molecule has 3 unspecified atom stereocenters. The Morgan fingerprint density at radius 2 is 2.50 bits per heavy atom. The predicted octanol–water partition coefficient (Wildman–Crippen LogP) is 0.466. The molecule has 0 aromatic heterocycles. The fraction of sp³-hybridized carbons (Fsp3) is 0.667. The summed E-state index contributed by atoms with van der Waals surface area (Å²) in [6, 6.07) is 0.323. The van der Waals surface area contributed by atoms with E-state index in [-0.39, 0.29) is 12.0 Å². The van der Waals surface area contributed by atoms with Gasteiger partial charge in [-0.1, -0.05) is 12.2 Å². The maximum absolute atomic E-state index is 11.3. The summed E-state index contributed by atoms with van der Waals surface area (Å²) in [6.07, 6.45) is 5.30. The summed E-state index contributed by atoms with van der Waals surface area (Å²) in [5.74, 6) is 0.267. The first kappa shape index (κ1) is 7.80. The smallest absolute Gasteiger partial charge is 0.323 e. The van der Waals surface area contributed by atoms with Crippen molar-refractivity contribution in [1.82, 2.24) is 5.32 Å². The lowest BCUT2D eigenvalue weighted by atomic mass is 10.0. The minimum absolute atomic E-state index is 0.0834. The van der Waals surface area contributed by atoms with E-state index in [2.05, 4.69) is 17.5 Å². The lowest BCUT2D eigenvalue weighted by molar-refractivity contribution is -0.146. The third-order valence-electron chi connectivity index (χ3n) is 2.48. The zero-order valence-electron chi connectivity index (χ0n) is 7.12. The maximum atomic E-state index is 11.3. The quantitative estimate of drug-likeness (QED) is 0.480. The van der Waals surface area contributed by atoms with E-state index in [1.807, 2.05) is 6.92 Å². The Morgan fingerprint density at radius 3 is 3.00 bits per heavy atom. The molecule has 66 valence electrons. The molecule has 0 aromatic rings. The van der Waals surface area contributed by atoms with Crippen LogP contribution in [0.1, 0.15) is 13.3 Å². The molecule has 0 radical (unpaired) electrons. The summed E-state index contributed by atoms with van der Waals surface area (Å²) in [5.41, 5.74) is 0. The van der Waals surface area contributed by atoms with Crippen LogP contribution in [0.2, 0.25) is 0 Å². The largest absolute Gasteiger partial charge is 0.465 e. The summed E-state index contributed by atoms with van der Waals surface area (Å²) in [7, 11) is 0. The zero-order valence-corrected chi connectivity index (χ0v) is 7.12. The van der Waals surface area contributed by atoms with Gasteiger partial charge < -0.3 is 4.74 Å². The van der Waals surface area contributed by atoms with Gasteiger partial charge >= 0.3 is 5.97 Å². The van der Waals surface area contributed by atoms with Crippen molar-refractivity contribution in [2.24, 2.45) is 5.92 Å². The van der Waals surface area contributed by atoms with Crippen LogP contribution < -0.4 is 5.32 Å². The molecule has 1 aliphatic heterocycles. The molecule has 1 saturated heterocycles. The fourth-order valence-electron chi connectivity index (χ4n) is 1.93. The van der Waals surface area contributed by atoms with Crippen LogP contribution >= 0.6 is 0 Å². The van der Waals surface area contributed by atoms with Crippen LogP contribution in [0.5, 0.6) is 0 Å². The molecular weight excluding hydrogens is 154 g/mol. The molecule has 2 aliphatic rings. The van der Waals surface area contributed by atoms with E-state index in [4.69, 9.17) is 4.74 Å². The summed E-state index contributed by atoms with van der Waals surface area (Å²) in [4.78, 5) is 11.3. The summed E-state index contributed by atoms with van der Waals surface area (Å²) >= 11 is 0. The Kier molecular flexibility index (Phi) is 1.89. The molecule has 0 saturated carbocycles. The molecular formula is C9H13NO2. The van der Waals surface area contributed by atoms with Crippen molar-refractivity contribution in [2.75, 3.05) is 6.61 Å². The Hall–Kier alpha value is -0.830. The molecule has 0 aromatic carbocycles. The second kappa shape index (κ2) is 2.90. The molecule has 1 heterocycles. The zero-order chi connectivity index (χ0) is 8.55. The van der Waals surface area contributed by atoms with Crippen molar-refractivity contribution in [3.05, 3.63) is 12.2 Å². The minimum Gasteiger partial charge on any atom is -0.465 e. The molecule has 2 rings (SSSR count). The molecule has 3 atom stereocenters. The number of hydrogen-bond acceptors (Lipinski definition) is 3. The Balaban J connectivity index is 1.98. The average Bonchev–Trinajstić information content (AvgIpc) is 2.64. The summed E-state index contributed by atoms with van der Waals surface area (Å²) in [5, 5.41) is 3.21. The van der Waals surface area contributed by atoms with Crippen LogP contribution in [0, 0.1) is 5.92 Å². The van der Waals surface area contributed by atoms with Gasteiger partial charge in [-0.05, 0) is 13.3 Å². The van der Waals surface area contributed by atoms with Gasteiger partial charge in [-0.2, -0.15) is 0 Å². The van der Waals surface area contributed by atoms with Gasteiger partial charge in [0.15, 0.2) is 0 Å². The fourth-order valence-corrected chi connectivity index (χ4v) is 1.93. The van der Waals surface area contributed by atoms with E-state index < -0.39 is 0 Å². The SMILES string of the molecule is CCOC(=O)C1NC2C=CC1C2. The van der Waals surface area contributed by atoms with Gasteiger partial charge in [0.1, 0.15) is 6.04 Å². The molecule has 1 aliphatic carbocycles. The number of fused-ring (bicyclic) bond motifs is 2. The van der Waals surface area contributed by atoms with Crippen molar-refractivity contribution >= 4 is 5.97 Å². The van der Waals surface area contributed by atoms with E-state index in [1.165, 1.54) is 0 Å². The van der Waals surface area contributed by atoms with Crippen LogP contribution in [0.15, 0.2) is 12.2 Å². The van der Waals surface area contributed by atoms with Crippen LogP contribution in [-0.4, -0.2) is 24.7 Å². The van der Waals surface area contributed by atoms with Crippen molar-refractivity contribution in [1.29, 1.82) is 0 Å². The molecule has 0 amide bonds. The first-order valence-electron chi connectivity index (χ1n) is 4.42. The van der Waals surface area contributed by atoms with E-state index in [0.29, 0.717) is 18.6 Å². The van der Waals surface area contributed by atoms with Crippen LogP contribution in [0.3, 0.4) is 0 Å². The molecule has 3 nitrogen and oxygen atoms in total. The Morgan fingerprint density at radius 1 is 1.67 bits per heavy atom. The van der Waals surface area contributed by atoms with E-state index in [1.54, 1.807) is 0 Å². The summed E-state index contributed by atoms with van der Waals surface area (Å²) < 4.78 is 4.94. The monoisotopic (exact) mass is 167 g/mol. The highest BCUT2D eigenvalue weighted by Gasteiger charge is 2.39. The number of ether oxygens (including phenoxy) is 1. The summed E-state index contributed by atoms with van der Waals surface area (Å²) in [6.45, 7) is 2.30. The Labute approximate surface area is 71.8 Å². The third-order valence-corrected chi connectivity index (χ3v) is 2.48. The van der Waals surface area contributed by atoms with Crippen molar-refractivity contribution in [2.45, 2.75) is 25.4 Å². The average molecular weight is 167 g/mol. The number of esters is 1. The number of rotatable bonds is 2. The lowest BCUT2D eigenvalue weighted by Gasteiger charge is -2.17. The second-order valence-electron chi connectivity index (χ2n) is 3.29. The second-order valence-corrected chi connectivity index (χ2v) is 3.29. The van der Waals surface area contributed by atoms with Gasteiger partial charge in [0.05, 0.1) is 6.61 Å². The highest BCUT2D eigenvalue weighted by molar-refractivity contribution is 5.77. The van der Waals surface area contributed by atoms with Gasteiger partial charge in [-0.15, -0.1) is 0 Å². The first-order valence-corrected chi connectivity index (χ1v) is 4.42. The molecule has 12 heavy (non-hydrogen) atoms. The van der Waals surface area contributed by atoms with Gasteiger partial charge in [0.25, 0.3) is 0 Å². The van der Waals surface area contributed by atoms with Crippen LogP contribution in [0.25, 0.3) is 0 Å². The maximum Gasteiger partial charge on any atom is 0.323 e. The number of carbonyl (C=O) groups is 1. The van der Waals surface area contributed by atoms with Crippen molar-refractivity contribution in [3.63, 3.8) is 0 Å². The van der Waals surface area contributed by atoms with Gasteiger partial charge in [-0.3, -0.25) is 10.1 Å². The van der Waals surface area contributed by atoms with Crippen molar-refractivity contribution < 1.29 is 9.53 Å². The van der Waals surface area contributed by atoms with Crippen LogP contribution in [-0.2, 0) is 9.53 Å². The lowest BCUT2D eigenvalue weighted by Crippen LogP contribution is -2.40. The number of carbonyl (C=O) groups excluding carboxylic acids is 1. The molecule has 3 heteroatoms. The van der Waals surface area contributed by atoms with E-state index in [0.717, 1.165) is 6.42 Å². The molecule has 0 spiro atoms. The Bertz CT molecular complexity index is 225. The van der Waals surface area contributed by atoms with E-state index in [9.17, 15) is 4.79 Å². The molecule has 2 bridgehead atoms. The topological polar surface area (TPSA) is 38.3 Å². The predicted molar refractivity (Wildman–Crippen MR) is 44.6 cm³/mol.